The Bertz CT molecular complexity index is 155. The minimum atomic E-state index is -0.200. The van der Waals surface area contributed by atoms with Crippen LogP contribution >= 0.6 is 0 Å². The van der Waals surface area contributed by atoms with E-state index in [1.807, 2.05) is 6.92 Å². The lowest BCUT2D eigenvalue weighted by molar-refractivity contribution is -0.146. The molecule has 0 saturated carbocycles. The number of hydrogen-bond donors (Lipinski definition) is 0. The highest BCUT2D eigenvalue weighted by molar-refractivity contribution is 5.71. The number of hydrogen-bond acceptors (Lipinski definition) is 3. The second kappa shape index (κ2) is 7.80. The van der Waals surface area contributed by atoms with Gasteiger partial charge in [-0.25, -0.2) is 0 Å². The molecule has 1 unspecified atom stereocenters. The molecule has 0 saturated heterocycles. The molecule has 14 heavy (non-hydrogen) atoms. The molecular weight excluding hydrogens is 180 g/mol. The summed E-state index contributed by atoms with van der Waals surface area (Å²) in [5.74, 6) is 0.365. The largest absolute Gasteiger partial charge is 0.469 e. The second-order valence-electron chi connectivity index (χ2n) is 4.04. The zero-order chi connectivity index (χ0) is 11.0. The molecule has 0 rings (SSSR count). The molecule has 0 aromatic carbocycles. The van der Waals surface area contributed by atoms with Crippen molar-refractivity contribution in [2.75, 3.05) is 20.3 Å². The maximum absolute atomic E-state index is 11.0. The Hall–Kier alpha value is -0.570. The fourth-order valence-electron chi connectivity index (χ4n) is 1.12. The van der Waals surface area contributed by atoms with Crippen molar-refractivity contribution >= 4 is 5.97 Å². The fourth-order valence-corrected chi connectivity index (χ4v) is 1.12. The molecule has 0 heterocycles. The second-order valence-corrected chi connectivity index (χ2v) is 4.04. The van der Waals surface area contributed by atoms with Gasteiger partial charge < -0.3 is 9.47 Å². The zero-order valence-electron chi connectivity index (χ0n) is 9.71. The van der Waals surface area contributed by atoms with Gasteiger partial charge in [0.05, 0.1) is 19.6 Å². The Morgan fingerprint density at radius 1 is 1.29 bits per heavy atom. The first-order chi connectivity index (χ1) is 6.57. The van der Waals surface area contributed by atoms with E-state index in [-0.39, 0.29) is 11.9 Å². The van der Waals surface area contributed by atoms with E-state index < -0.39 is 0 Å². The van der Waals surface area contributed by atoms with Crippen molar-refractivity contribution in [3.63, 3.8) is 0 Å². The van der Waals surface area contributed by atoms with Gasteiger partial charge in [-0.3, -0.25) is 4.79 Å². The molecule has 0 fully saturated rings. The number of methoxy groups -OCH3 is 1. The van der Waals surface area contributed by atoms with Gasteiger partial charge in [0.15, 0.2) is 0 Å². The molecular formula is C11H22O3. The van der Waals surface area contributed by atoms with Crippen molar-refractivity contribution in [1.82, 2.24) is 0 Å². The third-order valence-corrected chi connectivity index (χ3v) is 2.04. The first-order valence-electron chi connectivity index (χ1n) is 5.23. The molecule has 0 aliphatic heterocycles. The third kappa shape index (κ3) is 6.89. The van der Waals surface area contributed by atoms with Crippen LogP contribution in [0.2, 0.25) is 0 Å². The summed E-state index contributed by atoms with van der Waals surface area (Å²) < 4.78 is 9.96. The van der Waals surface area contributed by atoms with Gasteiger partial charge in [-0.2, -0.15) is 0 Å². The van der Waals surface area contributed by atoms with Crippen molar-refractivity contribution in [3.8, 4) is 0 Å². The van der Waals surface area contributed by atoms with Crippen molar-refractivity contribution in [2.24, 2.45) is 11.8 Å². The van der Waals surface area contributed by atoms with Crippen molar-refractivity contribution in [3.05, 3.63) is 0 Å². The summed E-state index contributed by atoms with van der Waals surface area (Å²) in [6.07, 6.45) is 2.23. The molecule has 0 spiro atoms. The summed E-state index contributed by atoms with van der Waals surface area (Å²) in [6.45, 7) is 7.40. The van der Waals surface area contributed by atoms with E-state index in [1.54, 1.807) is 0 Å². The van der Waals surface area contributed by atoms with Crippen molar-refractivity contribution in [2.45, 2.75) is 33.6 Å². The highest BCUT2D eigenvalue weighted by Gasteiger charge is 2.12. The van der Waals surface area contributed by atoms with Crippen molar-refractivity contribution < 1.29 is 14.3 Å². The lowest BCUT2D eigenvalue weighted by Crippen LogP contribution is -2.18. The molecule has 84 valence electrons. The number of rotatable bonds is 7. The molecule has 0 aliphatic rings. The molecule has 0 N–H and O–H groups in total. The predicted octanol–water partition coefficient (Wildman–Crippen LogP) is 2.25. The van der Waals surface area contributed by atoms with Crippen LogP contribution in [-0.4, -0.2) is 26.3 Å². The average Bonchev–Trinajstić information content (AvgIpc) is 2.15. The Morgan fingerprint density at radius 3 is 2.43 bits per heavy atom. The van der Waals surface area contributed by atoms with Crippen LogP contribution in [0.1, 0.15) is 33.6 Å². The predicted molar refractivity (Wildman–Crippen MR) is 56.1 cm³/mol. The van der Waals surface area contributed by atoms with Crippen LogP contribution in [-0.2, 0) is 14.3 Å². The number of carbonyl (C=O) groups is 1. The minimum absolute atomic E-state index is 0.154. The van der Waals surface area contributed by atoms with E-state index in [4.69, 9.17) is 4.74 Å². The van der Waals surface area contributed by atoms with Crippen LogP contribution in [0.3, 0.4) is 0 Å². The Balaban J connectivity index is 3.31. The van der Waals surface area contributed by atoms with E-state index >= 15 is 0 Å². The highest BCUT2D eigenvalue weighted by atomic mass is 16.5. The molecule has 1 atom stereocenters. The lowest BCUT2D eigenvalue weighted by atomic mass is 10.1. The first-order valence-corrected chi connectivity index (χ1v) is 5.23. The highest BCUT2D eigenvalue weighted by Crippen LogP contribution is 2.04. The van der Waals surface area contributed by atoms with Gasteiger partial charge in [0.1, 0.15) is 0 Å². The summed E-state index contributed by atoms with van der Waals surface area (Å²) >= 11 is 0. The smallest absolute Gasteiger partial charge is 0.310 e. The number of ether oxygens (including phenoxy) is 2. The van der Waals surface area contributed by atoms with Crippen LogP contribution in [0, 0.1) is 11.8 Å². The van der Waals surface area contributed by atoms with Crippen molar-refractivity contribution in [1.29, 1.82) is 0 Å². The topological polar surface area (TPSA) is 35.5 Å². The maximum Gasteiger partial charge on any atom is 0.310 e. The monoisotopic (exact) mass is 202 g/mol. The van der Waals surface area contributed by atoms with Gasteiger partial charge >= 0.3 is 5.97 Å². The molecule has 0 aliphatic carbocycles. The maximum atomic E-state index is 11.0. The summed E-state index contributed by atoms with van der Waals surface area (Å²) in [7, 11) is 1.40. The van der Waals surface area contributed by atoms with E-state index in [1.165, 1.54) is 13.5 Å². The van der Waals surface area contributed by atoms with Crippen LogP contribution in [0.15, 0.2) is 0 Å². The van der Waals surface area contributed by atoms with Gasteiger partial charge in [0, 0.05) is 6.61 Å². The Kier molecular flexibility index (Phi) is 7.48. The standard InChI is InChI=1S/C11H22O3/c1-9(2)6-5-7-14-8-10(3)11(12)13-4/h9-10H,5-8H2,1-4H3. The van der Waals surface area contributed by atoms with Gasteiger partial charge in [-0.05, 0) is 25.7 Å². The van der Waals surface area contributed by atoms with Gasteiger partial charge in [-0.15, -0.1) is 0 Å². The lowest BCUT2D eigenvalue weighted by Gasteiger charge is -2.10. The molecule has 0 aromatic heterocycles. The molecule has 0 amide bonds. The van der Waals surface area contributed by atoms with Gasteiger partial charge in [0.25, 0.3) is 0 Å². The third-order valence-electron chi connectivity index (χ3n) is 2.04. The zero-order valence-corrected chi connectivity index (χ0v) is 9.71. The Labute approximate surface area is 86.8 Å². The summed E-state index contributed by atoms with van der Waals surface area (Å²) in [5, 5.41) is 0. The van der Waals surface area contributed by atoms with Crippen LogP contribution in [0.25, 0.3) is 0 Å². The summed E-state index contributed by atoms with van der Waals surface area (Å²) in [5.41, 5.74) is 0. The summed E-state index contributed by atoms with van der Waals surface area (Å²) in [6, 6.07) is 0. The van der Waals surface area contributed by atoms with Crippen LogP contribution in [0.5, 0.6) is 0 Å². The van der Waals surface area contributed by atoms with E-state index in [2.05, 4.69) is 18.6 Å². The quantitative estimate of drug-likeness (QED) is 0.469. The first kappa shape index (κ1) is 13.4. The Morgan fingerprint density at radius 2 is 1.93 bits per heavy atom. The fraction of sp³-hybridized carbons (Fsp3) is 0.909. The van der Waals surface area contributed by atoms with Crippen LogP contribution < -0.4 is 0 Å². The van der Waals surface area contributed by atoms with E-state index in [9.17, 15) is 4.79 Å². The number of carbonyl (C=O) groups excluding carboxylic acids is 1. The normalized spacial score (nSPS) is 12.9. The molecule has 0 aromatic rings. The molecule has 0 bridgehead atoms. The SMILES string of the molecule is COC(=O)C(C)COCCCC(C)C. The average molecular weight is 202 g/mol. The van der Waals surface area contributed by atoms with Gasteiger partial charge in [0.2, 0.25) is 0 Å². The molecule has 3 heteroatoms. The number of esters is 1. The molecule has 3 nitrogen and oxygen atoms in total. The van der Waals surface area contributed by atoms with E-state index in [0.29, 0.717) is 6.61 Å². The minimum Gasteiger partial charge on any atom is -0.469 e. The van der Waals surface area contributed by atoms with Gasteiger partial charge in [-0.1, -0.05) is 13.8 Å². The molecule has 0 radical (unpaired) electrons. The summed E-state index contributed by atoms with van der Waals surface area (Å²) in [4.78, 5) is 11.0. The van der Waals surface area contributed by atoms with E-state index in [0.717, 1.165) is 18.9 Å². The van der Waals surface area contributed by atoms with Crippen LogP contribution in [0.4, 0.5) is 0 Å².